The van der Waals surface area contributed by atoms with Crippen molar-refractivity contribution in [1.29, 1.82) is 0 Å². The first kappa shape index (κ1) is 11.3. The molecule has 0 radical (unpaired) electrons. The average Bonchev–Trinajstić information content (AvgIpc) is 2.86. The van der Waals surface area contributed by atoms with E-state index in [4.69, 9.17) is 0 Å². The molecule has 0 aliphatic rings. The van der Waals surface area contributed by atoms with Crippen LogP contribution >= 0.6 is 0 Å². The minimum atomic E-state index is 0.761. The smallest absolute Gasteiger partial charge is 0.178 e. The van der Waals surface area contributed by atoms with Gasteiger partial charge in [0, 0.05) is 11.8 Å². The molecule has 0 aliphatic carbocycles. The van der Waals surface area contributed by atoms with Gasteiger partial charge in [-0.25, -0.2) is 9.97 Å². The summed E-state index contributed by atoms with van der Waals surface area (Å²) in [5, 5.41) is 0. The standard InChI is InChI=1S/C12H9N3.CH5N/c1-2-5-9(6-3-1)11-14-10-7-4-8-13-12(10)15-11;1-2/h1-8H,(H,13,14,15);2H2,1H3. The molecule has 0 amide bonds. The molecule has 0 bridgehead atoms. The molecule has 0 atom stereocenters. The Kier molecular flexibility index (Phi) is 3.47. The van der Waals surface area contributed by atoms with Crippen LogP contribution in [0.3, 0.4) is 0 Å². The highest BCUT2D eigenvalue weighted by atomic mass is 15.0. The molecule has 2 aromatic heterocycles. The van der Waals surface area contributed by atoms with Gasteiger partial charge in [-0.15, -0.1) is 0 Å². The Hall–Kier alpha value is -2.20. The van der Waals surface area contributed by atoms with Gasteiger partial charge in [-0.3, -0.25) is 0 Å². The minimum absolute atomic E-state index is 0.761. The van der Waals surface area contributed by atoms with Crippen LogP contribution < -0.4 is 5.73 Å². The molecule has 0 saturated heterocycles. The van der Waals surface area contributed by atoms with E-state index in [1.807, 2.05) is 42.5 Å². The zero-order chi connectivity index (χ0) is 12.1. The first-order chi connectivity index (χ1) is 8.43. The molecule has 0 saturated carbocycles. The Balaban J connectivity index is 0.000000514. The van der Waals surface area contributed by atoms with Crippen molar-refractivity contribution in [2.75, 3.05) is 7.05 Å². The number of fused-ring (bicyclic) bond motifs is 1. The molecule has 4 heteroatoms. The van der Waals surface area contributed by atoms with E-state index in [9.17, 15) is 0 Å². The Labute approximate surface area is 99.5 Å². The third-order valence-electron chi connectivity index (χ3n) is 2.30. The van der Waals surface area contributed by atoms with Crippen molar-refractivity contribution in [2.45, 2.75) is 0 Å². The number of nitrogens with zero attached hydrogens (tertiary/aromatic N) is 2. The number of hydrogen-bond acceptors (Lipinski definition) is 3. The highest BCUT2D eigenvalue weighted by Gasteiger charge is 2.03. The van der Waals surface area contributed by atoms with Gasteiger partial charge in [-0.1, -0.05) is 30.3 Å². The molecular weight excluding hydrogens is 212 g/mol. The van der Waals surface area contributed by atoms with Crippen molar-refractivity contribution in [2.24, 2.45) is 5.73 Å². The van der Waals surface area contributed by atoms with E-state index in [0.717, 1.165) is 22.6 Å². The van der Waals surface area contributed by atoms with Gasteiger partial charge < -0.3 is 10.7 Å². The summed E-state index contributed by atoms with van der Waals surface area (Å²) in [6.07, 6.45) is 1.75. The first-order valence-electron chi connectivity index (χ1n) is 5.37. The normalized spacial score (nSPS) is 9.76. The summed E-state index contributed by atoms with van der Waals surface area (Å²) in [5.74, 6) is 0.865. The summed E-state index contributed by atoms with van der Waals surface area (Å²) in [6.45, 7) is 0. The zero-order valence-electron chi connectivity index (χ0n) is 9.59. The fourth-order valence-corrected chi connectivity index (χ4v) is 1.58. The van der Waals surface area contributed by atoms with Gasteiger partial charge in [-0.2, -0.15) is 0 Å². The van der Waals surface area contributed by atoms with Gasteiger partial charge in [0.2, 0.25) is 0 Å². The predicted octanol–water partition coefficient (Wildman–Crippen LogP) is 2.20. The lowest BCUT2D eigenvalue weighted by atomic mass is 10.2. The second-order valence-corrected chi connectivity index (χ2v) is 3.33. The van der Waals surface area contributed by atoms with Crippen LogP contribution in [0.15, 0.2) is 48.7 Å². The Morgan fingerprint density at radius 3 is 2.47 bits per heavy atom. The lowest BCUT2D eigenvalue weighted by Crippen LogP contribution is -1.78. The number of hydrogen-bond donors (Lipinski definition) is 2. The lowest BCUT2D eigenvalue weighted by Gasteiger charge is -1.92. The molecule has 3 rings (SSSR count). The van der Waals surface area contributed by atoms with Crippen LogP contribution in [-0.2, 0) is 0 Å². The molecule has 0 spiro atoms. The van der Waals surface area contributed by atoms with Crippen LogP contribution in [-0.4, -0.2) is 22.0 Å². The summed E-state index contributed by atoms with van der Waals surface area (Å²) in [5.41, 5.74) is 7.31. The number of aromatic amines is 1. The molecule has 3 N–H and O–H groups in total. The van der Waals surface area contributed by atoms with Crippen molar-refractivity contribution >= 4 is 11.2 Å². The van der Waals surface area contributed by atoms with E-state index in [2.05, 4.69) is 20.7 Å². The van der Waals surface area contributed by atoms with E-state index >= 15 is 0 Å². The summed E-state index contributed by atoms with van der Waals surface area (Å²) >= 11 is 0. The number of benzene rings is 1. The summed E-state index contributed by atoms with van der Waals surface area (Å²) < 4.78 is 0. The second kappa shape index (κ2) is 5.23. The van der Waals surface area contributed by atoms with Crippen molar-refractivity contribution in [1.82, 2.24) is 15.0 Å². The molecular formula is C13H14N4. The van der Waals surface area contributed by atoms with Crippen LogP contribution in [0.2, 0.25) is 0 Å². The third-order valence-corrected chi connectivity index (χ3v) is 2.30. The Morgan fingerprint density at radius 1 is 1.00 bits per heavy atom. The molecule has 1 aromatic carbocycles. The largest absolute Gasteiger partial charge is 0.337 e. The van der Waals surface area contributed by atoms with Crippen molar-refractivity contribution in [3.8, 4) is 11.4 Å². The van der Waals surface area contributed by atoms with Gasteiger partial charge in [0.25, 0.3) is 0 Å². The van der Waals surface area contributed by atoms with E-state index in [-0.39, 0.29) is 0 Å². The second-order valence-electron chi connectivity index (χ2n) is 3.33. The van der Waals surface area contributed by atoms with Crippen molar-refractivity contribution in [3.63, 3.8) is 0 Å². The van der Waals surface area contributed by atoms with Gasteiger partial charge in [0.1, 0.15) is 5.82 Å². The Bertz CT molecular complexity index is 553. The van der Waals surface area contributed by atoms with E-state index < -0.39 is 0 Å². The highest BCUT2D eigenvalue weighted by molar-refractivity contribution is 5.75. The highest BCUT2D eigenvalue weighted by Crippen LogP contribution is 2.18. The number of nitrogens with two attached hydrogens (primary N) is 1. The van der Waals surface area contributed by atoms with Gasteiger partial charge in [-0.05, 0) is 19.2 Å². The predicted molar refractivity (Wildman–Crippen MR) is 69.4 cm³/mol. The summed E-state index contributed by atoms with van der Waals surface area (Å²) in [6, 6.07) is 13.9. The maximum absolute atomic E-state index is 4.50. The molecule has 3 aromatic rings. The lowest BCUT2D eigenvalue weighted by molar-refractivity contribution is 1.30. The number of rotatable bonds is 1. The van der Waals surface area contributed by atoms with Crippen LogP contribution in [0, 0.1) is 0 Å². The van der Waals surface area contributed by atoms with Crippen LogP contribution in [0.4, 0.5) is 0 Å². The van der Waals surface area contributed by atoms with Gasteiger partial charge in [0.15, 0.2) is 5.65 Å². The van der Waals surface area contributed by atoms with E-state index in [0.29, 0.717) is 0 Å². The fourth-order valence-electron chi connectivity index (χ4n) is 1.58. The minimum Gasteiger partial charge on any atom is -0.337 e. The number of H-pyrrole nitrogens is 1. The zero-order valence-corrected chi connectivity index (χ0v) is 9.59. The first-order valence-corrected chi connectivity index (χ1v) is 5.37. The summed E-state index contributed by atoms with van der Waals surface area (Å²) in [4.78, 5) is 11.8. The van der Waals surface area contributed by atoms with Crippen LogP contribution in [0.25, 0.3) is 22.6 Å². The number of imidazole rings is 1. The topological polar surface area (TPSA) is 67.6 Å². The van der Waals surface area contributed by atoms with Gasteiger partial charge >= 0.3 is 0 Å². The third kappa shape index (κ3) is 2.32. The van der Waals surface area contributed by atoms with Gasteiger partial charge in [0.05, 0.1) is 5.52 Å². The number of nitrogens with one attached hydrogen (secondary N) is 1. The maximum Gasteiger partial charge on any atom is 0.178 e. The molecule has 86 valence electrons. The maximum atomic E-state index is 4.50. The summed E-state index contributed by atoms with van der Waals surface area (Å²) in [7, 11) is 1.50. The monoisotopic (exact) mass is 226 g/mol. The molecule has 2 heterocycles. The molecule has 0 aliphatic heterocycles. The average molecular weight is 226 g/mol. The van der Waals surface area contributed by atoms with Crippen molar-refractivity contribution in [3.05, 3.63) is 48.7 Å². The van der Waals surface area contributed by atoms with E-state index in [1.165, 1.54) is 7.05 Å². The van der Waals surface area contributed by atoms with Crippen LogP contribution in [0.5, 0.6) is 0 Å². The number of aromatic nitrogens is 3. The molecule has 17 heavy (non-hydrogen) atoms. The molecule has 0 fully saturated rings. The molecule has 0 unspecified atom stereocenters. The Morgan fingerprint density at radius 2 is 1.76 bits per heavy atom. The quantitative estimate of drug-likeness (QED) is 0.668. The SMILES string of the molecule is CN.c1ccc(-c2nc3ncccc3[nH]2)cc1. The van der Waals surface area contributed by atoms with Crippen LogP contribution in [0.1, 0.15) is 0 Å². The molecule has 4 nitrogen and oxygen atoms in total. The van der Waals surface area contributed by atoms with Crippen molar-refractivity contribution < 1.29 is 0 Å². The number of pyridine rings is 1. The fraction of sp³-hybridized carbons (Fsp3) is 0.0769. The van der Waals surface area contributed by atoms with E-state index in [1.54, 1.807) is 6.20 Å².